The van der Waals surface area contributed by atoms with E-state index in [2.05, 4.69) is 10.6 Å². The Morgan fingerprint density at radius 1 is 1.43 bits per heavy atom. The maximum atomic E-state index is 12.4. The summed E-state index contributed by atoms with van der Waals surface area (Å²) >= 11 is 0. The molecule has 0 saturated carbocycles. The Bertz CT molecular complexity index is 562. The van der Waals surface area contributed by atoms with Crippen molar-refractivity contribution in [2.75, 3.05) is 25.0 Å². The van der Waals surface area contributed by atoms with Crippen molar-refractivity contribution < 1.29 is 14.3 Å². The molecule has 1 aromatic carbocycles. The van der Waals surface area contributed by atoms with Crippen LogP contribution in [-0.4, -0.2) is 48.6 Å². The van der Waals surface area contributed by atoms with Gasteiger partial charge < -0.3 is 20.3 Å². The van der Waals surface area contributed by atoms with E-state index in [1.165, 1.54) is 0 Å². The summed E-state index contributed by atoms with van der Waals surface area (Å²) in [5, 5.41) is 6.09. The van der Waals surface area contributed by atoms with E-state index >= 15 is 0 Å². The van der Waals surface area contributed by atoms with Crippen LogP contribution in [0.1, 0.15) is 26.3 Å². The van der Waals surface area contributed by atoms with E-state index in [1.54, 1.807) is 11.8 Å². The van der Waals surface area contributed by atoms with Crippen molar-refractivity contribution in [3.05, 3.63) is 29.8 Å². The molecule has 1 heterocycles. The summed E-state index contributed by atoms with van der Waals surface area (Å²) in [5.41, 5.74) is 1.72. The number of ether oxygens (including phenoxy) is 1. The highest BCUT2D eigenvalue weighted by Crippen LogP contribution is 2.14. The van der Waals surface area contributed by atoms with Gasteiger partial charge in [0.05, 0.1) is 12.7 Å². The van der Waals surface area contributed by atoms with Gasteiger partial charge in [0.25, 0.3) is 0 Å². The number of carbonyl (C=O) groups excluding carboxylic acids is 2. The van der Waals surface area contributed by atoms with Gasteiger partial charge in [-0.2, -0.15) is 0 Å². The minimum absolute atomic E-state index is 0.0410. The van der Waals surface area contributed by atoms with Crippen LogP contribution in [-0.2, 0) is 20.9 Å². The smallest absolute Gasteiger partial charge is 0.244 e. The molecule has 2 rings (SSSR count). The summed E-state index contributed by atoms with van der Waals surface area (Å²) < 4.78 is 5.50. The molecule has 0 aliphatic carbocycles. The predicted molar refractivity (Wildman–Crippen MR) is 89.0 cm³/mol. The fourth-order valence-corrected chi connectivity index (χ4v) is 2.66. The Hall–Kier alpha value is -1.92. The third-order valence-corrected chi connectivity index (χ3v) is 3.99. The van der Waals surface area contributed by atoms with Crippen molar-refractivity contribution in [3.8, 4) is 0 Å². The fraction of sp³-hybridized carbons (Fsp3) is 0.529. The van der Waals surface area contributed by atoms with Crippen LogP contribution in [0, 0.1) is 0 Å². The molecule has 1 saturated heterocycles. The van der Waals surface area contributed by atoms with E-state index < -0.39 is 0 Å². The number of amides is 2. The lowest BCUT2D eigenvalue weighted by Crippen LogP contribution is -2.53. The molecule has 0 spiro atoms. The van der Waals surface area contributed by atoms with Crippen molar-refractivity contribution in [2.45, 2.75) is 39.5 Å². The summed E-state index contributed by atoms with van der Waals surface area (Å²) in [7, 11) is 0. The zero-order valence-corrected chi connectivity index (χ0v) is 14.0. The largest absolute Gasteiger partial charge is 0.375 e. The van der Waals surface area contributed by atoms with E-state index in [1.807, 2.05) is 38.1 Å². The predicted octanol–water partition coefficient (Wildman–Crippen LogP) is 1.37. The fourth-order valence-electron chi connectivity index (χ4n) is 2.66. The van der Waals surface area contributed by atoms with Crippen molar-refractivity contribution in [1.82, 2.24) is 10.2 Å². The second kappa shape index (κ2) is 8.08. The number of nitrogens with zero attached hydrogens (tertiary/aromatic N) is 1. The standard InChI is InChI=1S/C17H25N3O3/c1-4-20(13(3)21)11-14-6-5-7-15(10-14)19-17(22)16-12(2)23-9-8-18-16/h5-7,10,12,16,18H,4,8-9,11H2,1-3H3,(H,19,22)/t12-,16+/m1/s1. The Balaban J connectivity index is 2.01. The third-order valence-electron chi connectivity index (χ3n) is 3.99. The number of carbonyl (C=O) groups is 2. The SMILES string of the molecule is CCN(Cc1cccc(NC(=O)[C@H]2NCCO[C@@H]2C)c1)C(C)=O. The van der Waals surface area contributed by atoms with Gasteiger partial charge in [-0.15, -0.1) is 0 Å². The second-order valence-electron chi connectivity index (χ2n) is 5.73. The average Bonchev–Trinajstić information content (AvgIpc) is 2.53. The molecule has 0 radical (unpaired) electrons. The van der Waals surface area contributed by atoms with Gasteiger partial charge in [-0.05, 0) is 31.5 Å². The van der Waals surface area contributed by atoms with E-state index in [0.717, 1.165) is 11.3 Å². The van der Waals surface area contributed by atoms with Gasteiger partial charge in [-0.3, -0.25) is 9.59 Å². The topological polar surface area (TPSA) is 70.7 Å². The van der Waals surface area contributed by atoms with Crippen LogP contribution in [0.15, 0.2) is 24.3 Å². The van der Waals surface area contributed by atoms with Gasteiger partial charge in [0.2, 0.25) is 11.8 Å². The minimum atomic E-state index is -0.350. The lowest BCUT2D eigenvalue weighted by atomic mass is 10.1. The minimum Gasteiger partial charge on any atom is -0.375 e. The number of rotatable bonds is 5. The van der Waals surface area contributed by atoms with Gasteiger partial charge >= 0.3 is 0 Å². The highest BCUT2D eigenvalue weighted by molar-refractivity contribution is 5.95. The monoisotopic (exact) mass is 319 g/mol. The lowest BCUT2D eigenvalue weighted by molar-refractivity contribution is -0.129. The van der Waals surface area contributed by atoms with Gasteiger partial charge in [-0.1, -0.05) is 12.1 Å². The number of hydrogen-bond donors (Lipinski definition) is 2. The first-order chi connectivity index (χ1) is 11.0. The maximum absolute atomic E-state index is 12.4. The number of hydrogen-bond acceptors (Lipinski definition) is 4. The summed E-state index contributed by atoms with van der Waals surface area (Å²) in [6.07, 6.45) is -0.153. The van der Waals surface area contributed by atoms with Crippen LogP contribution in [0.5, 0.6) is 0 Å². The lowest BCUT2D eigenvalue weighted by Gasteiger charge is -2.29. The van der Waals surface area contributed by atoms with Gasteiger partial charge in [0.15, 0.2) is 0 Å². The van der Waals surface area contributed by atoms with Crippen molar-refractivity contribution in [1.29, 1.82) is 0 Å². The van der Waals surface area contributed by atoms with Crippen molar-refractivity contribution >= 4 is 17.5 Å². The molecular weight excluding hydrogens is 294 g/mol. The van der Waals surface area contributed by atoms with Gasteiger partial charge in [0.1, 0.15) is 6.04 Å². The molecule has 1 fully saturated rings. The van der Waals surface area contributed by atoms with Crippen LogP contribution >= 0.6 is 0 Å². The first-order valence-electron chi connectivity index (χ1n) is 8.01. The van der Waals surface area contributed by atoms with Crippen molar-refractivity contribution in [2.24, 2.45) is 0 Å². The van der Waals surface area contributed by atoms with Crippen molar-refractivity contribution in [3.63, 3.8) is 0 Å². The molecule has 1 aliphatic heterocycles. The zero-order valence-electron chi connectivity index (χ0n) is 14.0. The normalized spacial score (nSPS) is 20.8. The molecule has 1 aliphatic rings. The second-order valence-corrected chi connectivity index (χ2v) is 5.73. The molecule has 6 heteroatoms. The third kappa shape index (κ3) is 4.77. The van der Waals surface area contributed by atoms with Crippen LogP contribution in [0.3, 0.4) is 0 Å². The summed E-state index contributed by atoms with van der Waals surface area (Å²) in [5.74, 6) is -0.0624. The molecule has 2 N–H and O–H groups in total. The highest BCUT2D eigenvalue weighted by Gasteiger charge is 2.28. The molecule has 0 aromatic heterocycles. The summed E-state index contributed by atoms with van der Waals surface area (Å²) in [6, 6.07) is 7.23. The number of morpholine rings is 1. The van der Waals surface area contributed by atoms with Crippen LogP contribution in [0.2, 0.25) is 0 Å². The van der Waals surface area contributed by atoms with Crippen LogP contribution < -0.4 is 10.6 Å². The van der Waals surface area contributed by atoms with E-state index in [0.29, 0.717) is 26.2 Å². The molecule has 2 atom stereocenters. The zero-order chi connectivity index (χ0) is 16.8. The number of nitrogens with one attached hydrogen (secondary N) is 2. The molecule has 0 bridgehead atoms. The molecule has 126 valence electrons. The van der Waals surface area contributed by atoms with E-state index in [-0.39, 0.29) is 24.0 Å². The first kappa shape index (κ1) is 17.4. The molecule has 6 nitrogen and oxygen atoms in total. The Morgan fingerprint density at radius 2 is 2.22 bits per heavy atom. The number of anilines is 1. The Labute approximate surface area is 137 Å². The quantitative estimate of drug-likeness (QED) is 0.860. The molecule has 1 aromatic rings. The molecular formula is C17H25N3O3. The van der Waals surface area contributed by atoms with Gasteiger partial charge in [0, 0.05) is 32.2 Å². The summed E-state index contributed by atoms with van der Waals surface area (Å²) in [4.78, 5) is 25.6. The first-order valence-corrected chi connectivity index (χ1v) is 8.01. The van der Waals surface area contributed by atoms with E-state index in [4.69, 9.17) is 4.74 Å². The maximum Gasteiger partial charge on any atom is 0.244 e. The highest BCUT2D eigenvalue weighted by atomic mass is 16.5. The van der Waals surface area contributed by atoms with Crippen LogP contribution in [0.4, 0.5) is 5.69 Å². The Kier molecular flexibility index (Phi) is 6.12. The van der Waals surface area contributed by atoms with Crippen LogP contribution in [0.25, 0.3) is 0 Å². The molecule has 0 unspecified atom stereocenters. The van der Waals surface area contributed by atoms with Gasteiger partial charge in [-0.25, -0.2) is 0 Å². The molecule has 2 amide bonds. The number of benzene rings is 1. The molecule has 23 heavy (non-hydrogen) atoms. The van der Waals surface area contributed by atoms with E-state index in [9.17, 15) is 9.59 Å². The average molecular weight is 319 g/mol. The Morgan fingerprint density at radius 3 is 2.87 bits per heavy atom. The summed E-state index contributed by atoms with van der Waals surface area (Å²) in [6.45, 7) is 7.89.